The molecule has 2 saturated heterocycles. The number of hydrogen-bond acceptors (Lipinski definition) is 17. The summed E-state index contributed by atoms with van der Waals surface area (Å²) in [6.07, 6.45) is -5.03. The summed E-state index contributed by atoms with van der Waals surface area (Å²) in [7, 11) is 5.47. The number of rotatable bonds is 11. The van der Waals surface area contributed by atoms with Crippen molar-refractivity contribution in [1.82, 2.24) is 9.80 Å². The second-order valence-corrected chi connectivity index (χ2v) is 25.6. The molecule has 17 nitrogen and oxygen atoms in total. The summed E-state index contributed by atoms with van der Waals surface area (Å²) in [5.74, 6) is -6.73. The van der Waals surface area contributed by atoms with Crippen LogP contribution in [0.25, 0.3) is 0 Å². The average Bonchev–Trinajstić information content (AvgIpc) is 3.53. The van der Waals surface area contributed by atoms with Crippen molar-refractivity contribution >= 4 is 35.3 Å². The molecule has 5 fully saturated rings. The van der Waals surface area contributed by atoms with Crippen molar-refractivity contribution in [1.29, 1.82) is 0 Å². The van der Waals surface area contributed by atoms with E-state index < -0.39 is 147 Å². The number of likely N-dealkylation sites (N-methyl/N-ethyl adjacent to an activating group) is 2. The molecule has 0 aromatic rings. The topological polar surface area (TPSA) is 242 Å². The highest BCUT2D eigenvalue weighted by Gasteiger charge is 2.76. The van der Waals surface area contributed by atoms with E-state index in [9.17, 15) is 49.8 Å². The Morgan fingerprint density at radius 1 is 0.947 bits per heavy atom. The van der Waals surface area contributed by atoms with Gasteiger partial charge in [-0.2, -0.15) is 0 Å². The summed E-state index contributed by atoms with van der Waals surface area (Å²) in [5.41, 5.74) is -7.76. The molecule has 428 valence electrons. The van der Waals surface area contributed by atoms with Crippen LogP contribution in [0.15, 0.2) is 23.8 Å². The summed E-state index contributed by atoms with van der Waals surface area (Å²) in [6, 6.07) is -1.01. The lowest BCUT2D eigenvalue weighted by molar-refractivity contribution is -0.301. The van der Waals surface area contributed by atoms with E-state index in [0.717, 1.165) is 0 Å². The maximum absolute atomic E-state index is 16.1. The Bertz CT molecular complexity index is 2140. The van der Waals surface area contributed by atoms with E-state index in [4.69, 9.17) is 35.3 Å². The molecular weight excluding hydrogens is 995 g/mol. The number of allylic oxidation sites excluding steroid dienone is 4. The molecule has 2 heterocycles. The molecule has 19 heteroatoms. The van der Waals surface area contributed by atoms with Crippen LogP contribution >= 0.6 is 11.6 Å². The molecule has 75 heavy (non-hydrogen) atoms. The lowest BCUT2D eigenvalue weighted by Gasteiger charge is -2.64. The van der Waals surface area contributed by atoms with Gasteiger partial charge in [0, 0.05) is 35.8 Å². The Morgan fingerprint density at radius 3 is 2.23 bits per heavy atom. The predicted molar refractivity (Wildman–Crippen MR) is 276 cm³/mol. The Kier molecular flexibility index (Phi) is 18.8. The normalized spacial score (nSPS) is 48.1. The summed E-state index contributed by atoms with van der Waals surface area (Å²) in [4.78, 5) is 56.4. The Morgan fingerprint density at radius 2 is 1.60 bits per heavy atom. The Hall–Kier alpha value is -2.62. The number of esters is 3. The van der Waals surface area contributed by atoms with Gasteiger partial charge in [0.2, 0.25) is 0 Å². The summed E-state index contributed by atoms with van der Waals surface area (Å²) < 4.78 is 47.1. The fourth-order valence-corrected chi connectivity index (χ4v) is 15.2. The van der Waals surface area contributed by atoms with Gasteiger partial charge >= 0.3 is 17.9 Å². The minimum atomic E-state index is -2.05. The maximum atomic E-state index is 16.1. The minimum absolute atomic E-state index is 0.0683. The van der Waals surface area contributed by atoms with Gasteiger partial charge in [0.1, 0.15) is 24.0 Å². The second kappa shape index (κ2) is 22.9. The highest BCUT2D eigenvalue weighted by Crippen LogP contribution is 2.71. The number of nitrogens with zero attached hydrogens (tertiary/aromatic N) is 2. The van der Waals surface area contributed by atoms with E-state index in [-0.39, 0.29) is 68.8 Å². The smallest absolute Gasteiger partial charge is 0.338 e. The van der Waals surface area contributed by atoms with Crippen molar-refractivity contribution in [2.75, 3.05) is 34.3 Å². The molecule has 0 bridgehead atoms. The molecular formula is C56H90ClFN2O15. The molecule has 3 unspecified atom stereocenters. The molecule has 3 saturated carbocycles. The number of carbonyl (C=O) groups excluding carboxylic acids is 4. The molecule has 0 aromatic heterocycles. The number of unbranched alkanes of at least 4 members (excludes halogenated alkanes) is 1. The van der Waals surface area contributed by atoms with Crippen molar-refractivity contribution in [2.45, 2.75) is 223 Å². The van der Waals surface area contributed by atoms with E-state index in [1.165, 1.54) is 26.0 Å². The van der Waals surface area contributed by atoms with Gasteiger partial charge in [-0.05, 0) is 149 Å². The largest absolute Gasteiger partial charge is 0.464 e. The van der Waals surface area contributed by atoms with Crippen LogP contribution in [0, 0.1) is 46.3 Å². The molecule has 0 aromatic carbocycles. The Balaban J connectivity index is 1.14. The number of carbonyl (C=O) groups is 4. The van der Waals surface area contributed by atoms with Crippen molar-refractivity contribution < 1.29 is 77.9 Å². The Labute approximate surface area is 448 Å². The first-order valence-electron chi connectivity index (χ1n) is 27.4. The van der Waals surface area contributed by atoms with E-state index >= 15 is 4.39 Å². The molecule has 4 aliphatic carbocycles. The second-order valence-electron chi connectivity index (χ2n) is 24.9. The van der Waals surface area contributed by atoms with Gasteiger partial charge in [0.15, 0.2) is 23.8 Å². The summed E-state index contributed by atoms with van der Waals surface area (Å²) in [6.45, 7) is 18.9. The van der Waals surface area contributed by atoms with Gasteiger partial charge in [0.25, 0.3) is 0 Å². The van der Waals surface area contributed by atoms with Crippen LogP contribution in [-0.4, -0.2) is 187 Å². The number of ether oxygens (including phenoxy) is 5. The van der Waals surface area contributed by atoms with Crippen LogP contribution in [0.4, 0.5) is 4.39 Å². The summed E-state index contributed by atoms with van der Waals surface area (Å²) >= 11 is 7.48. The van der Waals surface area contributed by atoms with Gasteiger partial charge in [-0.15, -0.1) is 11.6 Å². The van der Waals surface area contributed by atoms with Gasteiger partial charge in [-0.3, -0.25) is 14.4 Å². The van der Waals surface area contributed by atoms with Crippen molar-refractivity contribution in [3.63, 3.8) is 0 Å². The zero-order chi connectivity index (χ0) is 56.3. The van der Waals surface area contributed by atoms with Gasteiger partial charge in [0.05, 0.1) is 53.5 Å². The zero-order valence-electron chi connectivity index (χ0n) is 46.8. The lowest BCUT2D eigenvalue weighted by atomic mass is 9.45. The molecule has 0 spiro atoms. The zero-order valence-corrected chi connectivity index (χ0v) is 47.6. The number of cyclic esters (lactones) is 1. The predicted octanol–water partition coefficient (Wildman–Crippen LogP) is 4.81. The molecule has 23 atom stereocenters. The first kappa shape index (κ1) is 61.6. The number of ketones is 1. The highest BCUT2D eigenvalue weighted by molar-refractivity contribution is 6.26. The number of hydrogen-bond donors (Lipinski definition) is 6. The van der Waals surface area contributed by atoms with E-state index in [1.807, 2.05) is 37.7 Å². The van der Waals surface area contributed by atoms with Crippen LogP contribution in [0.5, 0.6) is 0 Å². The van der Waals surface area contributed by atoms with E-state index in [1.54, 1.807) is 61.6 Å². The van der Waals surface area contributed by atoms with Crippen LogP contribution in [-0.2, 0) is 42.9 Å². The number of fused-ring (bicyclic) bond motifs is 5. The average molecular weight is 1090 g/mol. The quantitative estimate of drug-likeness (QED) is 0.0705. The fourth-order valence-electron chi connectivity index (χ4n) is 14.7. The van der Waals surface area contributed by atoms with Crippen LogP contribution in [0.3, 0.4) is 0 Å². The number of aliphatic hydroxyl groups excluding tert-OH is 3. The van der Waals surface area contributed by atoms with E-state index in [0.29, 0.717) is 19.4 Å². The molecule has 6 aliphatic rings. The lowest BCUT2D eigenvalue weighted by Crippen LogP contribution is -2.70. The maximum Gasteiger partial charge on any atom is 0.338 e. The highest BCUT2D eigenvalue weighted by atomic mass is 35.5. The third kappa shape index (κ3) is 11.2. The van der Waals surface area contributed by atoms with Crippen LogP contribution < -0.4 is 0 Å². The van der Waals surface area contributed by atoms with Crippen molar-refractivity contribution in [3.05, 3.63) is 23.8 Å². The van der Waals surface area contributed by atoms with Gasteiger partial charge < -0.3 is 64.1 Å². The molecule has 6 rings (SSSR count). The van der Waals surface area contributed by atoms with Gasteiger partial charge in [-0.1, -0.05) is 47.6 Å². The molecule has 0 radical (unpaired) electrons. The number of alkyl halides is 2. The monoisotopic (exact) mass is 1080 g/mol. The molecule has 6 N–H and O–H groups in total. The van der Waals surface area contributed by atoms with Gasteiger partial charge in [-0.25, -0.2) is 9.18 Å². The fraction of sp³-hybridized carbons (Fsp3) is 0.857. The van der Waals surface area contributed by atoms with Crippen molar-refractivity contribution in [2.24, 2.45) is 46.3 Å². The first-order chi connectivity index (χ1) is 34.6. The standard InChI is InChI=1S/C56H90ClFN2O15/c1-15-42-54(11,69)46(65)34(7)60(14)28-29(2)26-53(10,68)47(32(5)44(64)33(6)48(66)73-42)75-49-45(40(59(12)13)23-31(4)72-49)74-43(63)18-16-17-21-71-50(67)56(70)30(3)22-36-37-25-39(58)38-24-35(61)19-20-51(38,8)55(37,57)41(62)27-52(36,56)9/h19-20,24,29-34,36-37,39-42,44-47,49,62,64-65,68-70H,15-18,21-23,25-28H2,1-14H3/t29-,30-,31-,32+,33-,34-,36?,37?,39+,40-,41+,42-,44+,45?,46-,47-,49+,51+,52+,53-,54-,55+,56+/m1/s1. The first-order valence-corrected chi connectivity index (χ1v) is 27.8. The van der Waals surface area contributed by atoms with Crippen molar-refractivity contribution in [3.8, 4) is 0 Å². The van der Waals surface area contributed by atoms with Crippen LogP contribution in [0.2, 0.25) is 0 Å². The van der Waals surface area contributed by atoms with E-state index in [2.05, 4.69) is 0 Å². The third-order valence-corrected chi connectivity index (χ3v) is 20.2. The number of aliphatic hydroxyl groups is 6. The molecule has 0 amide bonds. The SMILES string of the molecule is CC[C@H]1OC(=O)[C@H](C)[C@@H](O)[C@H](C)[C@@H](O[C@@H]2O[C@H](C)C[C@@H](N(C)C)C2OC(=O)CCCCOC(=O)[C@@]2(O)[C@H](C)CC3C4C[C@H](F)C5=CC(=O)C=C[C@]5(C)[C@@]4(Cl)[C@@H](O)C[C@@]32C)[C@](C)(O)C[C@@H](C)CN(C)[C@H](C)[C@@H](O)[C@]1(C)O. The molecule has 2 aliphatic heterocycles. The van der Waals surface area contributed by atoms with Crippen LogP contribution in [0.1, 0.15) is 134 Å². The number of halogens is 2. The summed E-state index contributed by atoms with van der Waals surface area (Å²) in [5, 5.41) is 71.8. The minimum Gasteiger partial charge on any atom is -0.464 e. The third-order valence-electron chi connectivity index (χ3n) is 19.2.